The second kappa shape index (κ2) is 4.86. The molecule has 0 N–H and O–H groups in total. The Hall–Kier alpha value is -1.04. The lowest BCUT2D eigenvalue weighted by Crippen LogP contribution is -2.24. The summed E-state index contributed by atoms with van der Waals surface area (Å²) in [5, 5.41) is 0. The van der Waals surface area contributed by atoms with Crippen LogP contribution in [0.5, 0.6) is 0 Å². The maximum Gasteiger partial charge on any atom is 0.284 e. The van der Waals surface area contributed by atoms with Gasteiger partial charge in [0.25, 0.3) is 11.9 Å². The number of hydrogen-bond acceptors (Lipinski definition) is 2. The van der Waals surface area contributed by atoms with E-state index in [1.165, 1.54) is 12.1 Å². The first kappa shape index (κ1) is 13.0. The smallest absolute Gasteiger partial charge is 0.223 e. The molecule has 0 aliphatic heterocycles. The van der Waals surface area contributed by atoms with Gasteiger partial charge in [-0.2, -0.15) is 0 Å². The van der Waals surface area contributed by atoms with E-state index in [-0.39, 0.29) is 0 Å². The molecule has 0 amide bonds. The molecule has 0 radical (unpaired) electrons. The van der Waals surface area contributed by atoms with Crippen LogP contribution < -0.4 is 0 Å². The summed E-state index contributed by atoms with van der Waals surface area (Å²) in [7, 11) is -4.58. The van der Waals surface area contributed by atoms with Gasteiger partial charge in [0.2, 0.25) is 9.84 Å². The molecule has 0 bridgehead atoms. The van der Waals surface area contributed by atoms with Crippen molar-refractivity contribution in [1.82, 2.24) is 0 Å². The molecule has 0 saturated heterocycles. The fourth-order valence-corrected chi connectivity index (χ4v) is 2.23. The Bertz CT molecular complexity index is 440. The SMILES string of the molecule is CCc1ccc(S(=O)(=O)C(F)C(F)F)cc1. The first-order chi connectivity index (χ1) is 7.39. The highest BCUT2D eigenvalue weighted by Crippen LogP contribution is 2.22. The Morgan fingerprint density at radius 2 is 1.62 bits per heavy atom. The minimum absolute atomic E-state index is 0.419. The molecule has 0 fully saturated rings. The van der Waals surface area contributed by atoms with E-state index in [1.807, 2.05) is 6.92 Å². The Kier molecular flexibility index (Phi) is 3.96. The highest BCUT2D eigenvalue weighted by atomic mass is 32.2. The largest absolute Gasteiger partial charge is 0.284 e. The van der Waals surface area contributed by atoms with Crippen molar-refractivity contribution in [3.8, 4) is 0 Å². The minimum atomic E-state index is -4.58. The molecule has 0 aliphatic carbocycles. The van der Waals surface area contributed by atoms with Crippen LogP contribution in [0.15, 0.2) is 29.2 Å². The third kappa shape index (κ3) is 2.55. The third-order valence-corrected chi connectivity index (χ3v) is 3.88. The van der Waals surface area contributed by atoms with Crippen molar-refractivity contribution in [2.75, 3.05) is 0 Å². The molecule has 90 valence electrons. The number of halogens is 3. The van der Waals surface area contributed by atoms with Crippen molar-refractivity contribution < 1.29 is 21.6 Å². The number of hydrogen-bond donors (Lipinski definition) is 0. The van der Waals surface area contributed by atoms with Crippen LogP contribution in [0.2, 0.25) is 0 Å². The molecule has 0 saturated carbocycles. The summed E-state index contributed by atoms with van der Waals surface area (Å²) in [6.07, 6.45) is -2.84. The molecule has 1 unspecified atom stereocenters. The predicted octanol–water partition coefficient (Wildman–Crippen LogP) is 2.58. The normalized spacial score (nSPS) is 14.1. The van der Waals surface area contributed by atoms with Gasteiger partial charge in [0.05, 0.1) is 4.90 Å². The molecular weight excluding hydrogens is 241 g/mol. The lowest BCUT2D eigenvalue weighted by Gasteiger charge is -2.09. The zero-order valence-corrected chi connectivity index (χ0v) is 9.35. The Labute approximate surface area is 92.0 Å². The number of benzene rings is 1. The summed E-state index contributed by atoms with van der Waals surface area (Å²) in [5.74, 6) is 0. The van der Waals surface area contributed by atoms with Crippen LogP contribution in [0.4, 0.5) is 13.2 Å². The van der Waals surface area contributed by atoms with Crippen molar-refractivity contribution in [2.45, 2.75) is 30.2 Å². The van der Waals surface area contributed by atoms with Crippen molar-refractivity contribution in [1.29, 1.82) is 0 Å². The summed E-state index contributed by atoms with van der Waals surface area (Å²) in [5.41, 5.74) is -2.31. The molecule has 1 rings (SSSR count). The molecule has 2 nitrogen and oxygen atoms in total. The molecule has 6 heteroatoms. The quantitative estimate of drug-likeness (QED) is 0.825. The van der Waals surface area contributed by atoms with E-state index < -0.39 is 26.7 Å². The van der Waals surface area contributed by atoms with E-state index in [2.05, 4.69) is 0 Å². The average Bonchev–Trinajstić information content (AvgIpc) is 2.28. The van der Waals surface area contributed by atoms with Gasteiger partial charge in [0.15, 0.2) is 0 Å². The summed E-state index contributed by atoms with van der Waals surface area (Å²) >= 11 is 0. The maximum absolute atomic E-state index is 12.8. The summed E-state index contributed by atoms with van der Waals surface area (Å²) in [6, 6.07) is 5.24. The summed E-state index contributed by atoms with van der Waals surface area (Å²) in [4.78, 5) is -0.419. The molecule has 0 spiro atoms. The lowest BCUT2D eigenvalue weighted by atomic mass is 10.2. The maximum atomic E-state index is 12.8. The zero-order valence-electron chi connectivity index (χ0n) is 8.53. The zero-order chi connectivity index (χ0) is 12.3. The van der Waals surface area contributed by atoms with Crippen molar-refractivity contribution >= 4 is 9.84 Å². The van der Waals surface area contributed by atoms with E-state index in [0.29, 0.717) is 6.42 Å². The molecule has 0 heterocycles. The van der Waals surface area contributed by atoms with Crippen molar-refractivity contribution in [2.24, 2.45) is 0 Å². The molecular formula is C10H11F3O2S. The summed E-state index contributed by atoms with van der Waals surface area (Å²) in [6.45, 7) is 1.86. The van der Waals surface area contributed by atoms with Crippen LogP contribution in [0.3, 0.4) is 0 Å². The Morgan fingerprint density at radius 3 is 2.00 bits per heavy atom. The Morgan fingerprint density at radius 1 is 1.12 bits per heavy atom. The molecule has 1 aromatic carbocycles. The molecule has 0 aromatic heterocycles. The first-order valence-electron chi connectivity index (χ1n) is 4.64. The van der Waals surface area contributed by atoms with E-state index in [1.54, 1.807) is 0 Å². The fourth-order valence-electron chi connectivity index (χ4n) is 1.18. The highest BCUT2D eigenvalue weighted by molar-refractivity contribution is 7.92. The van der Waals surface area contributed by atoms with Gasteiger partial charge >= 0.3 is 0 Å². The van der Waals surface area contributed by atoms with Gasteiger partial charge in [0, 0.05) is 0 Å². The van der Waals surface area contributed by atoms with E-state index in [0.717, 1.165) is 17.7 Å². The van der Waals surface area contributed by atoms with Gasteiger partial charge in [-0.25, -0.2) is 21.6 Å². The van der Waals surface area contributed by atoms with Gasteiger partial charge in [-0.15, -0.1) is 0 Å². The van der Waals surface area contributed by atoms with Crippen LogP contribution >= 0.6 is 0 Å². The first-order valence-corrected chi connectivity index (χ1v) is 6.19. The van der Waals surface area contributed by atoms with Crippen LogP contribution in [0.1, 0.15) is 12.5 Å². The molecule has 1 atom stereocenters. The van der Waals surface area contributed by atoms with E-state index >= 15 is 0 Å². The predicted molar refractivity (Wildman–Crippen MR) is 53.9 cm³/mol. The number of aryl methyl sites for hydroxylation is 1. The molecule has 1 aromatic rings. The van der Waals surface area contributed by atoms with Crippen molar-refractivity contribution in [3.63, 3.8) is 0 Å². The van der Waals surface area contributed by atoms with Gasteiger partial charge in [0.1, 0.15) is 0 Å². The number of sulfone groups is 1. The van der Waals surface area contributed by atoms with Crippen LogP contribution in [-0.2, 0) is 16.3 Å². The second-order valence-electron chi connectivity index (χ2n) is 3.23. The molecule has 0 aliphatic rings. The van der Waals surface area contributed by atoms with Gasteiger partial charge in [-0.1, -0.05) is 19.1 Å². The van der Waals surface area contributed by atoms with E-state index in [4.69, 9.17) is 0 Å². The average molecular weight is 252 g/mol. The van der Waals surface area contributed by atoms with Gasteiger partial charge in [-0.3, -0.25) is 0 Å². The van der Waals surface area contributed by atoms with Crippen molar-refractivity contribution in [3.05, 3.63) is 29.8 Å². The van der Waals surface area contributed by atoms with Crippen LogP contribution in [0.25, 0.3) is 0 Å². The monoisotopic (exact) mass is 252 g/mol. The molecule has 16 heavy (non-hydrogen) atoms. The van der Waals surface area contributed by atoms with Gasteiger partial charge in [-0.05, 0) is 24.1 Å². The standard InChI is InChI=1S/C10H11F3O2S/c1-2-7-3-5-8(6-4-7)16(14,15)10(13)9(11)12/h3-6,9-10H,2H2,1H3. The highest BCUT2D eigenvalue weighted by Gasteiger charge is 2.35. The lowest BCUT2D eigenvalue weighted by molar-refractivity contribution is 0.0902. The number of alkyl halides is 3. The minimum Gasteiger partial charge on any atom is -0.223 e. The third-order valence-electron chi connectivity index (χ3n) is 2.15. The summed E-state index contributed by atoms with van der Waals surface area (Å²) < 4.78 is 59.5. The van der Waals surface area contributed by atoms with E-state index in [9.17, 15) is 21.6 Å². The number of rotatable bonds is 4. The topological polar surface area (TPSA) is 34.1 Å². The Balaban J connectivity index is 3.08. The van der Waals surface area contributed by atoms with Gasteiger partial charge < -0.3 is 0 Å². The second-order valence-corrected chi connectivity index (χ2v) is 5.24. The fraction of sp³-hybridized carbons (Fsp3) is 0.400. The van der Waals surface area contributed by atoms with Crippen LogP contribution in [0, 0.1) is 0 Å². The van der Waals surface area contributed by atoms with Crippen LogP contribution in [-0.4, -0.2) is 20.3 Å².